The minimum Gasteiger partial charge on any atom is -0.350 e. The Morgan fingerprint density at radius 2 is 1.67 bits per heavy atom. The molecule has 6 nitrogen and oxygen atoms in total. The van der Waals surface area contributed by atoms with Crippen molar-refractivity contribution in [2.75, 3.05) is 6.54 Å². The molecule has 3 aromatic carbocycles. The van der Waals surface area contributed by atoms with Crippen LogP contribution in [0.2, 0.25) is 0 Å². The molecule has 0 aliphatic carbocycles. The zero-order valence-electron chi connectivity index (χ0n) is 18.1. The first kappa shape index (κ1) is 22.0. The number of nitrogens with one attached hydrogen (secondary N) is 2. The fourth-order valence-electron chi connectivity index (χ4n) is 3.46. The van der Waals surface area contributed by atoms with Crippen LogP contribution in [-0.4, -0.2) is 27.9 Å². The normalized spacial score (nSPS) is 10.6. The number of hydrogen-bond donors (Lipinski definition) is 2. The van der Waals surface area contributed by atoms with E-state index in [1.165, 1.54) is 6.07 Å². The van der Waals surface area contributed by atoms with E-state index in [0.717, 1.165) is 11.1 Å². The first-order valence-electron chi connectivity index (χ1n) is 10.5. The van der Waals surface area contributed by atoms with Crippen LogP contribution in [-0.2, 0) is 11.3 Å². The maximum atomic E-state index is 14.5. The number of hydrogen-bond acceptors (Lipinski definition) is 3. The van der Waals surface area contributed by atoms with E-state index in [1.807, 2.05) is 42.5 Å². The quantitative estimate of drug-likeness (QED) is 0.454. The molecule has 4 rings (SSSR count). The van der Waals surface area contributed by atoms with E-state index in [1.54, 1.807) is 48.1 Å². The highest BCUT2D eigenvalue weighted by molar-refractivity contribution is 5.96. The molecule has 1 aromatic heterocycles. The predicted molar refractivity (Wildman–Crippen MR) is 124 cm³/mol. The Morgan fingerprint density at radius 1 is 0.939 bits per heavy atom. The van der Waals surface area contributed by atoms with E-state index in [9.17, 15) is 14.0 Å². The second-order valence-corrected chi connectivity index (χ2v) is 7.53. The topological polar surface area (TPSA) is 76.0 Å². The largest absolute Gasteiger partial charge is 0.350 e. The van der Waals surface area contributed by atoms with E-state index in [4.69, 9.17) is 0 Å². The Labute approximate surface area is 191 Å². The molecule has 33 heavy (non-hydrogen) atoms. The fraction of sp³-hybridized carbons (Fsp3) is 0.115. The van der Waals surface area contributed by atoms with Gasteiger partial charge in [-0.3, -0.25) is 9.59 Å². The van der Waals surface area contributed by atoms with Crippen LogP contribution in [0.15, 0.2) is 85.2 Å². The van der Waals surface area contributed by atoms with E-state index in [2.05, 4.69) is 15.6 Å². The van der Waals surface area contributed by atoms with Crippen LogP contribution in [0.25, 0.3) is 16.8 Å². The highest BCUT2D eigenvalue weighted by Gasteiger charge is 2.11. The third-order valence-corrected chi connectivity index (χ3v) is 5.25. The number of carbonyl (C=O) groups excluding carboxylic acids is 2. The van der Waals surface area contributed by atoms with Crippen molar-refractivity contribution in [3.05, 3.63) is 108 Å². The molecule has 0 aliphatic rings. The average molecular weight is 442 g/mol. The summed E-state index contributed by atoms with van der Waals surface area (Å²) in [5, 5.41) is 5.29. The summed E-state index contributed by atoms with van der Waals surface area (Å²) in [5.74, 6) is -0.425. The zero-order chi connectivity index (χ0) is 23.2. The summed E-state index contributed by atoms with van der Waals surface area (Å²) >= 11 is 0. The lowest BCUT2D eigenvalue weighted by atomic mass is 10.0. The molecule has 4 aromatic rings. The van der Waals surface area contributed by atoms with Crippen LogP contribution in [0.4, 0.5) is 4.39 Å². The van der Waals surface area contributed by atoms with Gasteiger partial charge in [0.05, 0.1) is 12.2 Å². The molecule has 0 saturated carbocycles. The molecule has 1 heterocycles. The monoisotopic (exact) mass is 442 g/mol. The minimum atomic E-state index is -0.407. The molecule has 2 N–H and O–H groups in total. The molecule has 0 fully saturated rings. The van der Waals surface area contributed by atoms with Gasteiger partial charge in [0.25, 0.3) is 5.91 Å². The molecule has 166 valence electrons. The summed E-state index contributed by atoms with van der Waals surface area (Å²) in [4.78, 5) is 28.6. The molecule has 0 atom stereocenters. The van der Waals surface area contributed by atoms with Crippen molar-refractivity contribution in [2.45, 2.75) is 13.5 Å². The van der Waals surface area contributed by atoms with Gasteiger partial charge in [0.2, 0.25) is 5.91 Å². The van der Waals surface area contributed by atoms with Crippen molar-refractivity contribution in [2.24, 2.45) is 0 Å². The number of aromatic nitrogens is 2. The van der Waals surface area contributed by atoms with Crippen LogP contribution >= 0.6 is 0 Å². The van der Waals surface area contributed by atoms with Gasteiger partial charge >= 0.3 is 0 Å². The van der Waals surface area contributed by atoms with Gasteiger partial charge in [-0.25, -0.2) is 9.37 Å². The average Bonchev–Trinajstić information content (AvgIpc) is 3.27. The van der Waals surface area contributed by atoms with Crippen LogP contribution in [0, 0.1) is 12.7 Å². The van der Waals surface area contributed by atoms with Crippen LogP contribution in [0.1, 0.15) is 21.7 Å². The summed E-state index contributed by atoms with van der Waals surface area (Å²) in [6, 6.07) is 21.8. The number of halogens is 1. The van der Waals surface area contributed by atoms with Crippen molar-refractivity contribution in [3.8, 4) is 16.8 Å². The number of nitrogens with zero attached hydrogens (tertiary/aromatic N) is 2. The maximum absolute atomic E-state index is 14.5. The van der Waals surface area contributed by atoms with Crippen molar-refractivity contribution in [3.63, 3.8) is 0 Å². The maximum Gasteiger partial charge on any atom is 0.251 e. The number of rotatable bonds is 7. The van der Waals surface area contributed by atoms with Crippen molar-refractivity contribution in [1.29, 1.82) is 0 Å². The standard InChI is InChI=1S/C26H23FN4O2/c1-18-28-13-14-31(18)24-12-7-19(15-23(24)27)16-29-25(32)17-30-26(33)22-10-8-21(9-11-22)20-5-3-2-4-6-20/h2-15H,16-17H2,1H3,(H,29,32)(H,30,33). The Hall–Kier alpha value is -4.26. The first-order chi connectivity index (χ1) is 16.0. The summed E-state index contributed by atoms with van der Waals surface area (Å²) in [6.07, 6.45) is 3.29. The first-order valence-corrected chi connectivity index (χ1v) is 10.5. The molecule has 0 radical (unpaired) electrons. The van der Waals surface area contributed by atoms with Gasteiger partial charge in [0, 0.05) is 24.5 Å². The van der Waals surface area contributed by atoms with Crippen LogP contribution < -0.4 is 10.6 Å². The Kier molecular flexibility index (Phi) is 6.59. The summed E-state index contributed by atoms with van der Waals surface area (Å²) < 4.78 is 16.1. The van der Waals surface area contributed by atoms with Gasteiger partial charge in [-0.1, -0.05) is 48.5 Å². The number of carbonyl (C=O) groups is 2. The second kappa shape index (κ2) is 9.91. The fourth-order valence-corrected chi connectivity index (χ4v) is 3.46. The van der Waals surface area contributed by atoms with Crippen LogP contribution in [0.3, 0.4) is 0 Å². The van der Waals surface area contributed by atoms with Crippen molar-refractivity contribution >= 4 is 11.8 Å². The van der Waals surface area contributed by atoms with Gasteiger partial charge in [-0.15, -0.1) is 0 Å². The van der Waals surface area contributed by atoms with Gasteiger partial charge in [-0.05, 0) is 47.9 Å². The molecule has 2 amide bonds. The van der Waals surface area contributed by atoms with Gasteiger partial charge in [-0.2, -0.15) is 0 Å². The lowest BCUT2D eigenvalue weighted by Crippen LogP contribution is -2.36. The minimum absolute atomic E-state index is 0.153. The zero-order valence-corrected chi connectivity index (χ0v) is 18.1. The lowest BCUT2D eigenvalue weighted by Gasteiger charge is -2.10. The van der Waals surface area contributed by atoms with Gasteiger partial charge < -0.3 is 15.2 Å². The third kappa shape index (κ3) is 5.33. The van der Waals surface area contributed by atoms with E-state index in [0.29, 0.717) is 22.6 Å². The summed E-state index contributed by atoms with van der Waals surface area (Å²) in [7, 11) is 0. The van der Waals surface area contributed by atoms with E-state index >= 15 is 0 Å². The summed E-state index contributed by atoms with van der Waals surface area (Å²) in [6.45, 7) is 1.77. The van der Waals surface area contributed by atoms with Gasteiger partial charge in [0.15, 0.2) is 0 Å². The molecule has 0 spiro atoms. The van der Waals surface area contributed by atoms with Crippen molar-refractivity contribution in [1.82, 2.24) is 20.2 Å². The number of benzene rings is 3. The van der Waals surface area contributed by atoms with E-state index in [-0.39, 0.29) is 24.9 Å². The van der Waals surface area contributed by atoms with Crippen molar-refractivity contribution < 1.29 is 14.0 Å². The Balaban J connectivity index is 1.27. The third-order valence-electron chi connectivity index (χ3n) is 5.25. The van der Waals surface area contributed by atoms with E-state index < -0.39 is 5.82 Å². The molecular weight excluding hydrogens is 419 g/mol. The SMILES string of the molecule is Cc1nccn1-c1ccc(CNC(=O)CNC(=O)c2ccc(-c3ccccc3)cc2)cc1F. The van der Waals surface area contributed by atoms with Crippen LogP contribution in [0.5, 0.6) is 0 Å². The number of amides is 2. The molecule has 0 aliphatic heterocycles. The lowest BCUT2D eigenvalue weighted by molar-refractivity contribution is -0.120. The Bertz CT molecular complexity index is 1270. The molecule has 7 heteroatoms. The predicted octanol–water partition coefficient (Wildman–Crippen LogP) is 4.03. The molecule has 0 unspecified atom stereocenters. The molecular formula is C26H23FN4O2. The number of imidazole rings is 1. The molecule has 0 bridgehead atoms. The highest BCUT2D eigenvalue weighted by Crippen LogP contribution is 2.19. The highest BCUT2D eigenvalue weighted by atomic mass is 19.1. The van der Waals surface area contributed by atoms with Gasteiger partial charge in [0.1, 0.15) is 11.6 Å². The summed E-state index contributed by atoms with van der Waals surface area (Å²) in [5.41, 5.74) is 3.55. The molecule has 0 saturated heterocycles. The Morgan fingerprint density at radius 3 is 2.33 bits per heavy atom. The smallest absolute Gasteiger partial charge is 0.251 e. The number of aryl methyl sites for hydroxylation is 1. The second-order valence-electron chi connectivity index (χ2n) is 7.53.